The third-order valence-corrected chi connectivity index (χ3v) is 5.83. The topological polar surface area (TPSA) is 52.6 Å². The lowest BCUT2D eigenvalue weighted by Gasteiger charge is -2.26. The summed E-state index contributed by atoms with van der Waals surface area (Å²) < 4.78 is 10.9. The fraction of sp³-hybridized carbons (Fsp3) is 0.917. The second kappa shape index (κ2) is 16.9. The van der Waals surface area contributed by atoms with Crippen LogP contribution in [-0.4, -0.2) is 25.2 Å². The molecule has 0 bridgehead atoms. The van der Waals surface area contributed by atoms with E-state index >= 15 is 0 Å². The molecule has 1 aliphatic rings. The minimum Gasteiger partial charge on any atom is -0.465 e. The Balaban J connectivity index is 2.13. The third kappa shape index (κ3) is 11.7. The SMILES string of the molecule is CCCCCCCCOC(=O)C1CCCC(C(=O)OCCCCCCCC)C1. The lowest BCUT2D eigenvalue weighted by Crippen LogP contribution is -2.30. The van der Waals surface area contributed by atoms with Crippen molar-refractivity contribution in [3.63, 3.8) is 0 Å². The second-order valence-electron chi connectivity index (χ2n) is 8.43. The van der Waals surface area contributed by atoms with E-state index in [0.717, 1.165) is 44.9 Å². The molecule has 0 heterocycles. The Kier molecular flexibility index (Phi) is 15.0. The molecule has 2 atom stereocenters. The van der Waals surface area contributed by atoms with Crippen LogP contribution in [0.4, 0.5) is 0 Å². The minimum absolute atomic E-state index is 0.109. The molecule has 0 aliphatic heterocycles. The zero-order valence-corrected chi connectivity index (χ0v) is 18.5. The standard InChI is InChI=1S/C24H44O4/c1-3-5-7-9-11-13-18-27-23(25)21-16-15-17-22(20-21)24(26)28-19-14-12-10-8-6-4-2/h21-22H,3-20H2,1-2H3. The first-order valence-electron chi connectivity index (χ1n) is 12.0. The average Bonchev–Trinajstić information content (AvgIpc) is 2.72. The van der Waals surface area contributed by atoms with Crippen LogP contribution in [-0.2, 0) is 19.1 Å². The minimum atomic E-state index is -0.125. The Hall–Kier alpha value is -1.06. The van der Waals surface area contributed by atoms with Gasteiger partial charge in [0.1, 0.15) is 0 Å². The summed E-state index contributed by atoms with van der Waals surface area (Å²) in [5, 5.41) is 0. The summed E-state index contributed by atoms with van der Waals surface area (Å²) in [5.74, 6) is -0.468. The van der Waals surface area contributed by atoms with Crippen LogP contribution in [0.5, 0.6) is 0 Å². The molecule has 164 valence electrons. The van der Waals surface area contributed by atoms with E-state index in [9.17, 15) is 9.59 Å². The van der Waals surface area contributed by atoms with Crippen molar-refractivity contribution in [1.29, 1.82) is 0 Å². The highest BCUT2D eigenvalue weighted by atomic mass is 16.5. The zero-order chi connectivity index (χ0) is 20.5. The monoisotopic (exact) mass is 396 g/mol. The van der Waals surface area contributed by atoms with E-state index in [2.05, 4.69) is 13.8 Å². The number of ether oxygens (including phenoxy) is 2. The number of hydrogen-bond donors (Lipinski definition) is 0. The first-order chi connectivity index (χ1) is 13.7. The molecule has 28 heavy (non-hydrogen) atoms. The zero-order valence-electron chi connectivity index (χ0n) is 18.5. The van der Waals surface area contributed by atoms with Crippen LogP contribution in [0.2, 0.25) is 0 Å². The quantitative estimate of drug-likeness (QED) is 0.218. The van der Waals surface area contributed by atoms with Crippen LogP contribution < -0.4 is 0 Å². The van der Waals surface area contributed by atoms with Crippen molar-refractivity contribution in [1.82, 2.24) is 0 Å². The van der Waals surface area contributed by atoms with Gasteiger partial charge in [-0.2, -0.15) is 0 Å². The molecule has 4 nitrogen and oxygen atoms in total. The third-order valence-electron chi connectivity index (χ3n) is 5.83. The number of unbranched alkanes of at least 4 members (excludes halogenated alkanes) is 10. The molecule has 0 N–H and O–H groups in total. The van der Waals surface area contributed by atoms with Crippen molar-refractivity contribution < 1.29 is 19.1 Å². The Labute approximate surface area is 173 Å². The van der Waals surface area contributed by atoms with Gasteiger partial charge in [0.25, 0.3) is 0 Å². The number of carbonyl (C=O) groups excluding carboxylic acids is 2. The van der Waals surface area contributed by atoms with Gasteiger partial charge in [0, 0.05) is 0 Å². The normalized spacial score (nSPS) is 19.4. The van der Waals surface area contributed by atoms with E-state index in [1.54, 1.807) is 0 Å². The van der Waals surface area contributed by atoms with Crippen LogP contribution in [0, 0.1) is 11.8 Å². The summed E-state index contributed by atoms with van der Waals surface area (Å²) in [5.41, 5.74) is 0. The molecule has 1 fully saturated rings. The van der Waals surface area contributed by atoms with Crippen molar-refractivity contribution in [3.05, 3.63) is 0 Å². The van der Waals surface area contributed by atoms with Crippen molar-refractivity contribution in [2.24, 2.45) is 11.8 Å². The molecule has 2 unspecified atom stereocenters. The summed E-state index contributed by atoms with van der Waals surface area (Å²) in [6.07, 6.45) is 17.4. The van der Waals surface area contributed by atoms with Crippen molar-refractivity contribution >= 4 is 11.9 Å². The second-order valence-corrected chi connectivity index (χ2v) is 8.43. The van der Waals surface area contributed by atoms with Crippen LogP contribution >= 0.6 is 0 Å². The van der Waals surface area contributed by atoms with E-state index in [1.807, 2.05) is 0 Å². The maximum absolute atomic E-state index is 12.3. The maximum Gasteiger partial charge on any atom is 0.308 e. The van der Waals surface area contributed by atoms with E-state index in [-0.39, 0.29) is 23.8 Å². The van der Waals surface area contributed by atoms with E-state index < -0.39 is 0 Å². The summed E-state index contributed by atoms with van der Waals surface area (Å²) in [6.45, 7) is 5.47. The van der Waals surface area contributed by atoms with Gasteiger partial charge in [-0.1, -0.05) is 84.5 Å². The average molecular weight is 397 g/mol. The van der Waals surface area contributed by atoms with Gasteiger partial charge in [-0.3, -0.25) is 9.59 Å². The van der Waals surface area contributed by atoms with Gasteiger partial charge in [-0.15, -0.1) is 0 Å². The van der Waals surface area contributed by atoms with Crippen molar-refractivity contribution in [3.8, 4) is 0 Å². The van der Waals surface area contributed by atoms with E-state index in [0.29, 0.717) is 19.6 Å². The molecule has 1 aliphatic carbocycles. The molecule has 0 amide bonds. The number of esters is 2. The van der Waals surface area contributed by atoms with Crippen molar-refractivity contribution in [2.75, 3.05) is 13.2 Å². The van der Waals surface area contributed by atoms with E-state index in [4.69, 9.17) is 9.47 Å². The van der Waals surface area contributed by atoms with Gasteiger partial charge in [0.2, 0.25) is 0 Å². The van der Waals surface area contributed by atoms with Crippen LogP contribution in [0.15, 0.2) is 0 Å². The largest absolute Gasteiger partial charge is 0.465 e. The first-order valence-corrected chi connectivity index (χ1v) is 12.0. The van der Waals surface area contributed by atoms with Gasteiger partial charge in [-0.25, -0.2) is 0 Å². The number of rotatable bonds is 16. The Morgan fingerprint density at radius 1 is 0.643 bits per heavy atom. The molecular weight excluding hydrogens is 352 g/mol. The predicted octanol–water partition coefficient (Wildman–Crippen LogP) is 6.60. The number of hydrogen-bond acceptors (Lipinski definition) is 4. The lowest BCUT2D eigenvalue weighted by molar-refractivity contribution is -0.155. The Morgan fingerprint density at radius 3 is 1.46 bits per heavy atom. The molecule has 0 saturated heterocycles. The molecule has 4 heteroatoms. The molecule has 0 aromatic carbocycles. The lowest BCUT2D eigenvalue weighted by atomic mass is 9.81. The molecular formula is C24H44O4. The molecule has 0 spiro atoms. The smallest absolute Gasteiger partial charge is 0.308 e. The predicted molar refractivity (Wildman–Crippen MR) is 114 cm³/mol. The van der Waals surface area contributed by atoms with E-state index in [1.165, 1.54) is 51.4 Å². The molecule has 0 aromatic rings. The molecule has 0 radical (unpaired) electrons. The summed E-state index contributed by atoms with van der Waals surface area (Å²) in [7, 11) is 0. The van der Waals surface area contributed by atoms with Crippen LogP contribution in [0.25, 0.3) is 0 Å². The van der Waals surface area contributed by atoms with Crippen LogP contribution in [0.1, 0.15) is 117 Å². The van der Waals surface area contributed by atoms with Gasteiger partial charge in [0.15, 0.2) is 0 Å². The number of carbonyl (C=O) groups is 2. The van der Waals surface area contributed by atoms with Gasteiger partial charge in [0.05, 0.1) is 25.0 Å². The Morgan fingerprint density at radius 2 is 1.04 bits per heavy atom. The Bertz CT molecular complexity index is 371. The summed E-state index contributed by atoms with van der Waals surface area (Å²) in [6, 6.07) is 0. The van der Waals surface area contributed by atoms with Crippen molar-refractivity contribution in [2.45, 2.75) is 117 Å². The fourth-order valence-corrected chi connectivity index (χ4v) is 3.96. The molecule has 0 aromatic heterocycles. The highest BCUT2D eigenvalue weighted by Gasteiger charge is 2.32. The first kappa shape index (κ1) is 25.0. The summed E-state index contributed by atoms with van der Waals surface area (Å²) in [4.78, 5) is 24.6. The van der Waals surface area contributed by atoms with Crippen LogP contribution in [0.3, 0.4) is 0 Å². The summed E-state index contributed by atoms with van der Waals surface area (Å²) >= 11 is 0. The molecule has 1 saturated carbocycles. The van der Waals surface area contributed by atoms with Gasteiger partial charge >= 0.3 is 11.9 Å². The van der Waals surface area contributed by atoms with Gasteiger partial charge in [-0.05, 0) is 32.1 Å². The highest BCUT2D eigenvalue weighted by molar-refractivity contribution is 5.76. The molecule has 1 rings (SSSR count). The fourth-order valence-electron chi connectivity index (χ4n) is 3.96. The maximum atomic E-state index is 12.3. The van der Waals surface area contributed by atoms with Gasteiger partial charge < -0.3 is 9.47 Å². The highest BCUT2D eigenvalue weighted by Crippen LogP contribution is 2.31.